The minimum atomic E-state index is -1.10. The zero-order valence-corrected chi connectivity index (χ0v) is 16.8. The van der Waals surface area contributed by atoms with Crippen LogP contribution in [0.5, 0.6) is 0 Å². The Morgan fingerprint density at radius 3 is 2.47 bits per heavy atom. The van der Waals surface area contributed by atoms with Gasteiger partial charge >= 0.3 is 5.97 Å². The van der Waals surface area contributed by atoms with Gasteiger partial charge in [-0.3, -0.25) is 9.79 Å². The molecule has 0 bridgehead atoms. The number of hydrogen-bond donors (Lipinski definition) is 1. The van der Waals surface area contributed by atoms with Gasteiger partial charge in [0.1, 0.15) is 17.6 Å². The highest BCUT2D eigenvalue weighted by Gasteiger charge is 2.22. The van der Waals surface area contributed by atoms with Crippen molar-refractivity contribution < 1.29 is 19.1 Å². The third kappa shape index (κ3) is 3.22. The molecule has 2 aromatic rings. The Kier molecular flexibility index (Phi) is 4.83. The van der Waals surface area contributed by atoms with Crippen molar-refractivity contribution >= 4 is 28.9 Å². The van der Waals surface area contributed by atoms with Crippen molar-refractivity contribution in [1.29, 1.82) is 0 Å². The third-order valence-corrected chi connectivity index (χ3v) is 5.14. The quantitative estimate of drug-likeness (QED) is 0.408. The zero-order valence-electron chi connectivity index (χ0n) is 16.8. The molecular weight excluding hydrogens is 380 g/mol. The molecule has 0 fully saturated rings. The molecule has 0 saturated heterocycles. The molecule has 1 heterocycles. The van der Waals surface area contributed by atoms with E-state index in [1.165, 1.54) is 6.07 Å². The lowest BCUT2D eigenvalue weighted by Crippen LogP contribution is -2.08. The van der Waals surface area contributed by atoms with Crippen molar-refractivity contribution in [3.63, 3.8) is 0 Å². The average Bonchev–Trinajstić information content (AvgIpc) is 2.76. The van der Waals surface area contributed by atoms with Crippen molar-refractivity contribution in [2.24, 2.45) is 4.99 Å². The maximum atomic E-state index is 12.0. The van der Waals surface area contributed by atoms with Crippen LogP contribution < -0.4 is 10.3 Å². The number of nitrogens with zero attached hydrogens (tertiary/aromatic N) is 2. The Morgan fingerprint density at radius 2 is 1.80 bits per heavy atom. The normalized spacial score (nSPS) is 11.8. The number of carbonyl (C=O) groups excluding carboxylic acids is 1. The number of carbonyl (C=O) groups is 2. The summed E-state index contributed by atoms with van der Waals surface area (Å²) in [5.41, 5.74) is 4.01. The predicted octanol–water partition coefficient (Wildman–Crippen LogP) is 4.31. The summed E-state index contributed by atoms with van der Waals surface area (Å²) in [6.45, 7) is 0. The van der Waals surface area contributed by atoms with Crippen LogP contribution in [-0.2, 0) is 0 Å². The van der Waals surface area contributed by atoms with E-state index in [-0.39, 0.29) is 5.56 Å². The van der Waals surface area contributed by atoms with Gasteiger partial charge in [-0.05, 0) is 35.9 Å². The second-order valence-electron chi connectivity index (χ2n) is 7.18. The van der Waals surface area contributed by atoms with Crippen LogP contribution in [-0.4, -0.2) is 38.5 Å². The largest absolute Gasteiger partial charge is 0.478 e. The average molecular weight is 400 g/mol. The van der Waals surface area contributed by atoms with E-state index in [0.29, 0.717) is 28.8 Å². The molecule has 6 heteroatoms. The molecule has 0 aromatic heterocycles. The highest BCUT2D eigenvalue weighted by molar-refractivity contribution is 6.08. The van der Waals surface area contributed by atoms with Crippen LogP contribution in [0.2, 0.25) is 0 Å². The predicted molar refractivity (Wildman–Crippen MR) is 116 cm³/mol. The van der Waals surface area contributed by atoms with E-state index >= 15 is 0 Å². The molecule has 2 aliphatic rings. The molecule has 0 saturated carbocycles. The van der Waals surface area contributed by atoms with Gasteiger partial charge in [0.25, 0.3) is 0 Å². The molecule has 1 aliphatic carbocycles. The summed E-state index contributed by atoms with van der Waals surface area (Å²) in [6, 6.07) is 16.1. The van der Waals surface area contributed by atoms with Crippen molar-refractivity contribution in [2.45, 2.75) is 0 Å². The lowest BCUT2D eigenvalue weighted by molar-refractivity contribution is 0.0697. The lowest BCUT2D eigenvalue weighted by atomic mass is 9.90. The Labute approximate surface area is 173 Å². The van der Waals surface area contributed by atoms with Gasteiger partial charge < -0.3 is 14.4 Å². The van der Waals surface area contributed by atoms with Crippen LogP contribution in [0.15, 0.2) is 64.0 Å². The van der Waals surface area contributed by atoms with Crippen molar-refractivity contribution in [3.8, 4) is 22.5 Å². The number of aldehydes is 1. The third-order valence-electron chi connectivity index (χ3n) is 5.14. The van der Waals surface area contributed by atoms with E-state index in [1.807, 2.05) is 55.4 Å². The highest BCUT2D eigenvalue weighted by Crippen LogP contribution is 2.42. The summed E-state index contributed by atoms with van der Waals surface area (Å²) in [7, 11) is 5.59. The minimum Gasteiger partial charge on any atom is -0.478 e. The summed E-state index contributed by atoms with van der Waals surface area (Å²) >= 11 is 0. The summed E-state index contributed by atoms with van der Waals surface area (Å²) in [5, 5.41) is 11.4. The lowest BCUT2D eigenvalue weighted by Gasteiger charge is -2.19. The van der Waals surface area contributed by atoms with Crippen molar-refractivity contribution in [1.82, 2.24) is 0 Å². The minimum absolute atomic E-state index is 0.0642. The highest BCUT2D eigenvalue weighted by atomic mass is 16.4. The van der Waals surface area contributed by atoms with Gasteiger partial charge in [0, 0.05) is 61.0 Å². The van der Waals surface area contributed by atoms with Gasteiger partial charge in [0.05, 0.1) is 10.9 Å². The Balaban J connectivity index is 2.17. The van der Waals surface area contributed by atoms with Crippen LogP contribution in [0, 0.1) is 0 Å². The number of carboxylic acid groups (broad SMARTS) is 1. The van der Waals surface area contributed by atoms with Crippen LogP contribution in [0.4, 0.5) is 5.69 Å². The van der Waals surface area contributed by atoms with Gasteiger partial charge in [-0.2, -0.15) is 0 Å². The first-order chi connectivity index (χ1) is 14.4. The van der Waals surface area contributed by atoms with Gasteiger partial charge in [-0.1, -0.05) is 12.1 Å². The number of carboxylic acids is 1. The second-order valence-corrected chi connectivity index (χ2v) is 7.18. The molecule has 0 spiro atoms. The molecule has 0 radical (unpaired) electrons. The van der Waals surface area contributed by atoms with Crippen molar-refractivity contribution in [3.05, 3.63) is 71.1 Å². The SMILES string of the molecule is CN=c1ccc2c(-c3ccc(C=O)cc3C(=O)O)c3ccc(N(C)C)cc3oc-2c1. The molecule has 0 atom stereocenters. The first-order valence-electron chi connectivity index (χ1n) is 9.36. The van der Waals surface area contributed by atoms with E-state index in [0.717, 1.165) is 27.6 Å². The molecule has 0 unspecified atom stereocenters. The van der Waals surface area contributed by atoms with E-state index in [2.05, 4.69) is 4.99 Å². The number of fused-ring (bicyclic) bond motifs is 2. The van der Waals surface area contributed by atoms with E-state index in [9.17, 15) is 14.7 Å². The monoisotopic (exact) mass is 400 g/mol. The molecule has 0 amide bonds. The second kappa shape index (κ2) is 7.48. The Hall–Kier alpha value is -3.93. The summed E-state index contributed by atoms with van der Waals surface area (Å²) in [4.78, 5) is 29.4. The maximum absolute atomic E-state index is 12.0. The fourth-order valence-corrected chi connectivity index (χ4v) is 3.61. The first-order valence-corrected chi connectivity index (χ1v) is 9.36. The van der Waals surface area contributed by atoms with E-state index in [1.54, 1.807) is 19.2 Å². The summed E-state index contributed by atoms with van der Waals surface area (Å²) < 4.78 is 6.20. The van der Waals surface area contributed by atoms with Gasteiger partial charge in [0.15, 0.2) is 0 Å². The molecule has 1 N–H and O–H groups in total. The molecule has 150 valence electrons. The molecule has 30 heavy (non-hydrogen) atoms. The molecular formula is C24H20N2O4. The number of rotatable bonds is 4. The Bertz CT molecular complexity index is 1330. The van der Waals surface area contributed by atoms with Crippen LogP contribution >= 0.6 is 0 Å². The number of hydrogen-bond acceptors (Lipinski definition) is 5. The zero-order chi connectivity index (χ0) is 21.4. The summed E-state index contributed by atoms with van der Waals surface area (Å²) in [6.07, 6.45) is 0.644. The van der Waals surface area contributed by atoms with E-state index < -0.39 is 5.97 Å². The molecule has 6 nitrogen and oxygen atoms in total. The first kappa shape index (κ1) is 19.4. The maximum Gasteiger partial charge on any atom is 0.336 e. The van der Waals surface area contributed by atoms with Gasteiger partial charge in [-0.25, -0.2) is 4.79 Å². The number of benzene rings is 3. The summed E-state index contributed by atoms with van der Waals surface area (Å²) in [5.74, 6) is -0.492. The fourth-order valence-electron chi connectivity index (χ4n) is 3.61. The van der Waals surface area contributed by atoms with E-state index in [4.69, 9.17) is 4.42 Å². The molecule has 1 aliphatic heterocycles. The van der Waals surface area contributed by atoms with Gasteiger partial charge in [0.2, 0.25) is 0 Å². The number of anilines is 1. The van der Waals surface area contributed by atoms with Gasteiger partial charge in [-0.15, -0.1) is 0 Å². The number of aromatic carboxylic acids is 1. The fraction of sp³-hybridized carbons (Fsp3) is 0.125. The topological polar surface area (TPSA) is 83.1 Å². The van der Waals surface area contributed by atoms with Crippen LogP contribution in [0.25, 0.3) is 33.4 Å². The molecule has 4 rings (SSSR count). The Morgan fingerprint density at radius 1 is 1.03 bits per heavy atom. The van der Waals surface area contributed by atoms with Crippen molar-refractivity contribution in [2.75, 3.05) is 26.0 Å². The van der Waals surface area contributed by atoms with Crippen LogP contribution in [0.3, 0.4) is 0 Å². The van der Waals surface area contributed by atoms with Crippen LogP contribution in [0.1, 0.15) is 20.7 Å². The smallest absolute Gasteiger partial charge is 0.336 e. The molecule has 2 aromatic carbocycles. The standard InChI is InChI=1S/C24H20N2O4/c1-25-15-5-8-18-21(11-15)30-22-12-16(26(2)3)6-9-19(22)23(18)17-7-4-14(13-27)10-20(17)24(28)29/h4-13H,1-3H3,(H,28,29).